The fourth-order valence-electron chi connectivity index (χ4n) is 1.67. The molecule has 1 aromatic rings. The molecule has 0 unspecified atom stereocenters. The van der Waals surface area contributed by atoms with Gasteiger partial charge in [-0.3, -0.25) is 9.59 Å². The summed E-state index contributed by atoms with van der Waals surface area (Å²) in [5.41, 5.74) is 0. The van der Waals surface area contributed by atoms with Crippen molar-refractivity contribution in [2.24, 2.45) is 0 Å². The van der Waals surface area contributed by atoms with Gasteiger partial charge in [-0.2, -0.15) is 0 Å². The van der Waals surface area contributed by atoms with Gasteiger partial charge >= 0.3 is 5.97 Å². The van der Waals surface area contributed by atoms with Crippen LogP contribution in [-0.4, -0.2) is 67.1 Å². The Hall–Kier alpha value is -2.08. The van der Waals surface area contributed by atoms with Crippen LogP contribution in [0, 0.1) is 0 Å². The number of amides is 1. The predicted octanol–water partition coefficient (Wildman–Crippen LogP) is 0.930. The molecule has 0 fully saturated rings. The smallest absolute Gasteiger partial charge is 0.305 e. The molecule has 116 valence electrons. The molecule has 1 amide bonds. The number of rotatable bonds is 9. The highest BCUT2D eigenvalue weighted by Gasteiger charge is 2.15. The molecule has 0 aromatic heterocycles. The van der Waals surface area contributed by atoms with Gasteiger partial charge in [0, 0.05) is 19.6 Å². The summed E-state index contributed by atoms with van der Waals surface area (Å²) in [5.74, 6) is -0.500. The first-order valence-electron chi connectivity index (χ1n) is 6.81. The van der Waals surface area contributed by atoms with Crippen molar-refractivity contribution in [1.82, 2.24) is 9.80 Å². The van der Waals surface area contributed by atoms with E-state index in [4.69, 9.17) is 9.84 Å². The van der Waals surface area contributed by atoms with Crippen molar-refractivity contribution in [3.8, 4) is 5.75 Å². The number of hydrogen-bond acceptors (Lipinski definition) is 4. The second-order valence-electron chi connectivity index (χ2n) is 4.93. The van der Waals surface area contributed by atoms with E-state index in [2.05, 4.69) is 0 Å². The Kier molecular flexibility index (Phi) is 7.25. The predicted molar refractivity (Wildman–Crippen MR) is 79.3 cm³/mol. The Bertz CT molecular complexity index is 448. The number of likely N-dealkylation sites (N-methyl/N-ethyl adjacent to an activating group) is 1. The average molecular weight is 294 g/mol. The maximum Gasteiger partial charge on any atom is 0.305 e. The molecule has 0 spiro atoms. The van der Waals surface area contributed by atoms with Crippen molar-refractivity contribution in [1.29, 1.82) is 0 Å². The number of carboxylic acid groups (broad SMARTS) is 1. The first-order chi connectivity index (χ1) is 9.99. The maximum absolute atomic E-state index is 12.1. The lowest BCUT2D eigenvalue weighted by Gasteiger charge is -2.23. The molecule has 21 heavy (non-hydrogen) atoms. The van der Waals surface area contributed by atoms with E-state index >= 15 is 0 Å². The van der Waals surface area contributed by atoms with Crippen molar-refractivity contribution in [3.05, 3.63) is 30.3 Å². The Labute approximate surface area is 124 Å². The lowest BCUT2D eigenvalue weighted by atomic mass is 10.3. The van der Waals surface area contributed by atoms with Gasteiger partial charge in [-0.1, -0.05) is 18.2 Å². The van der Waals surface area contributed by atoms with Crippen LogP contribution in [0.5, 0.6) is 5.75 Å². The van der Waals surface area contributed by atoms with Gasteiger partial charge < -0.3 is 19.6 Å². The van der Waals surface area contributed by atoms with Crippen molar-refractivity contribution >= 4 is 11.9 Å². The van der Waals surface area contributed by atoms with Gasteiger partial charge in [0.25, 0.3) is 5.91 Å². The molecule has 1 rings (SSSR count). The standard InChI is InChI=1S/C15H22N2O4/c1-16(2)10-11-17(9-8-15(19)20)14(18)12-21-13-6-4-3-5-7-13/h3-7H,8-12H2,1-2H3,(H,19,20). The van der Waals surface area contributed by atoms with E-state index in [9.17, 15) is 9.59 Å². The van der Waals surface area contributed by atoms with E-state index in [1.54, 1.807) is 12.1 Å². The minimum absolute atomic E-state index is 0.0650. The number of carboxylic acids is 1. The van der Waals surface area contributed by atoms with Gasteiger partial charge in [-0.05, 0) is 26.2 Å². The quantitative estimate of drug-likeness (QED) is 0.733. The number of ether oxygens (including phenoxy) is 1. The molecule has 6 nitrogen and oxygen atoms in total. The fraction of sp³-hybridized carbons (Fsp3) is 0.467. The van der Waals surface area contributed by atoms with E-state index in [1.807, 2.05) is 37.2 Å². The Balaban J connectivity index is 2.50. The summed E-state index contributed by atoms with van der Waals surface area (Å²) in [6.07, 6.45) is -0.0650. The second-order valence-corrected chi connectivity index (χ2v) is 4.93. The van der Waals surface area contributed by atoms with Crippen molar-refractivity contribution in [3.63, 3.8) is 0 Å². The van der Waals surface area contributed by atoms with Gasteiger partial charge in [0.15, 0.2) is 6.61 Å². The molecular formula is C15H22N2O4. The van der Waals surface area contributed by atoms with Crippen LogP contribution in [0.2, 0.25) is 0 Å². The highest BCUT2D eigenvalue weighted by molar-refractivity contribution is 5.78. The largest absolute Gasteiger partial charge is 0.484 e. The molecule has 0 atom stereocenters. The highest BCUT2D eigenvalue weighted by atomic mass is 16.5. The molecular weight excluding hydrogens is 272 g/mol. The second kappa shape index (κ2) is 8.97. The minimum atomic E-state index is -0.915. The summed E-state index contributed by atoms with van der Waals surface area (Å²) in [6.45, 7) is 1.27. The highest BCUT2D eigenvalue weighted by Crippen LogP contribution is 2.08. The Morgan fingerprint density at radius 1 is 1.10 bits per heavy atom. The third-order valence-corrected chi connectivity index (χ3v) is 2.87. The molecule has 0 saturated carbocycles. The zero-order valence-electron chi connectivity index (χ0n) is 12.5. The maximum atomic E-state index is 12.1. The van der Waals surface area contributed by atoms with E-state index in [1.165, 1.54) is 4.90 Å². The zero-order chi connectivity index (χ0) is 15.7. The third kappa shape index (κ3) is 7.31. The number of aliphatic carboxylic acids is 1. The van der Waals surface area contributed by atoms with Gasteiger partial charge in [0.1, 0.15) is 5.75 Å². The van der Waals surface area contributed by atoms with Gasteiger partial charge in [-0.25, -0.2) is 0 Å². The van der Waals surface area contributed by atoms with Crippen molar-refractivity contribution in [2.75, 3.05) is 40.3 Å². The molecule has 6 heteroatoms. The lowest BCUT2D eigenvalue weighted by Crippen LogP contribution is -2.40. The van der Waals surface area contributed by atoms with E-state index in [-0.39, 0.29) is 25.5 Å². The molecule has 0 radical (unpaired) electrons. The number of nitrogens with zero attached hydrogens (tertiary/aromatic N) is 2. The van der Waals surface area contributed by atoms with Crippen LogP contribution < -0.4 is 4.74 Å². The first-order valence-corrected chi connectivity index (χ1v) is 6.81. The molecule has 0 aliphatic rings. The normalized spacial score (nSPS) is 10.4. The van der Waals surface area contributed by atoms with Gasteiger partial charge in [-0.15, -0.1) is 0 Å². The summed E-state index contributed by atoms with van der Waals surface area (Å²) in [7, 11) is 3.81. The molecule has 0 aliphatic carbocycles. The van der Waals surface area contributed by atoms with Crippen molar-refractivity contribution in [2.45, 2.75) is 6.42 Å². The number of benzene rings is 1. The number of carbonyl (C=O) groups is 2. The van der Waals surface area contributed by atoms with Crippen molar-refractivity contribution < 1.29 is 19.4 Å². The van der Waals surface area contributed by atoms with Gasteiger partial charge in [0.05, 0.1) is 6.42 Å². The zero-order valence-corrected chi connectivity index (χ0v) is 12.5. The SMILES string of the molecule is CN(C)CCN(CCC(=O)O)C(=O)COc1ccccc1. The third-order valence-electron chi connectivity index (χ3n) is 2.87. The molecule has 0 saturated heterocycles. The molecule has 1 N–H and O–H groups in total. The summed E-state index contributed by atoms with van der Waals surface area (Å²) < 4.78 is 5.41. The Morgan fingerprint density at radius 3 is 2.33 bits per heavy atom. The van der Waals surface area contributed by atoms with E-state index in [0.717, 1.165) is 0 Å². The molecule has 0 heterocycles. The van der Waals surface area contributed by atoms with Crippen LogP contribution >= 0.6 is 0 Å². The van der Waals surface area contributed by atoms with Crippen LogP contribution in [0.4, 0.5) is 0 Å². The van der Waals surface area contributed by atoms with Crippen LogP contribution in [0.1, 0.15) is 6.42 Å². The Morgan fingerprint density at radius 2 is 1.76 bits per heavy atom. The van der Waals surface area contributed by atoms with Crippen LogP contribution in [0.3, 0.4) is 0 Å². The number of carbonyl (C=O) groups excluding carboxylic acids is 1. The number of para-hydroxylation sites is 1. The lowest BCUT2D eigenvalue weighted by molar-refractivity contribution is -0.139. The summed E-state index contributed by atoms with van der Waals surface area (Å²) in [6, 6.07) is 9.07. The van der Waals surface area contributed by atoms with Crippen LogP contribution in [-0.2, 0) is 9.59 Å². The fourth-order valence-corrected chi connectivity index (χ4v) is 1.67. The monoisotopic (exact) mass is 294 g/mol. The number of hydrogen-bond donors (Lipinski definition) is 1. The molecule has 1 aromatic carbocycles. The average Bonchev–Trinajstić information content (AvgIpc) is 2.45. The molecule has 0 aliphatic heterocycles. The molecule has 0 bridgehead atoms. The van der Waals surface area contributed by atoms with E-state index in [0.29, 0.717) is 18.8 Å². The minimum Gasteiger partial charge on any atom is -0.484 e. The van der Waals surface area contributed by atoms with Crippen LogP contribution in [0.15, 0.2) is 30.3 Å². The summed E-state index contributed by atoms with van der Waals surface area (Å²) in [4.78, 5) is 26.3. The van der Waals surface area contributed by atoms with Gasteiger partial charge in [0.2, 0.25) is 0 Å². The first kappa shape index (κ1) is 17.0. The topological polar surface area (TPSA) is 70.1 Å². The summed E-state index contributed by atoms with van der Waals surface area (Å²) in [5, 5.41) is 8.75. The van der Waals surface area contributed by atoms with E-state index < -0.39 is 5.97 Å². The van der Waals surface area contributed by atoms with Crippen LogP contribution in [0.25, 0.3) is 0 Å². The summed E-state index contributed by atoms with van der Waals surface area (Å²) >= 11 is 0.